The molecule has 1 aliphatic heterocycles. The molecule has 0 amide bonds. The van der Waals surface area contributed by atoms with E-state index in [4.69, 9.17) is 12.2 Å². The summed E-state index contributed by atoms with van der Waals surface area (Å²) in [7, 11) is -2.83. The molecule has 1 atom stereocenters. The van der Waals surface area contributed by atoms with E-state index in [0.717, 1.165) is 25.2 Å². The Morgan fingerprint density at radius 3 is 2.43 bits per heavy atom. The van der Waals surface area contributed by atoms with Crippen LogP contribution in [0.25, 0.3) is 0 Å². The molecule has 2 rings (SSSR count). The molecular formula is C16H25N3O2S2. The third kappa shape index (κ3) is 5.35. The van der Waals surface area contributed by atoms with Gasteiger partial charge in [0.15, 0.2) is 14.9 Å². The number of hydrogen-bond acceptors (Lipinski definition) is 4. The number of rotatable bonds is 6. The molecule has 0 radical (unpaired) electrons. The van der Waals surface area contributed by atoms with E-state index in [9.17, 15) is 8.42 Å². The van der Waals surface area contributed by atoms with Crippen LogP contribution in [0.1, 0.15) is 20.3 Å². The van der Waals surface area contributed by atoms with Crippen LogP contribution >= 0.6 is 12.2 Å². The normalized spacial score (nSPS) is 19.3. The highest BCUT2D eigenvalue weighted by molar-refractivity contribution is 7.91. The molecule has 128 valence electrons. The van der Waals surface area contributed by atoms with E-state index in [1.165, 1.54) is 5.69 Å². The first-order valence-electron chi connectivity index (χ1n) is 8.03. The van der Waals surface area contributed by atoms with Crippen LogP contribution in [0, 0.1) is 5.92 Å². The van der Waals surface area contributed by atoms with Crippen LogP contribution in [0.2, 0.25) is 0 Å². The number of nitrogens with one attached hydrogen (secondary N) is 2. The maximum Gasteiger partial charge on any atom is 0.170 e. The maximum atomic E-state index is 11.4. The second-order valence-electron chi connectivity index (χ2n) is 5.82. The molecule has 1 unspecified atom stereocenters. The quantitative estimate of drug-likeness (QED) is 0.763. The summed E-state index contributed by atoms with van der Waals surface area (Å²) in [5, 5.41) is 6.79. The van der Waals surface area contributed by atoms with Crippen LogP contribution < -0.4 is 15.5 Å². The first kappa shape index (κ1) is 18.0. The molecule has 0 spiro atoms. The predicted molar refractivity (Wildman–Crippen MR) is 101 cm³/mol. The van der Waals surface area contributed by atoms with Gasteiger partial charge in [-0.25, -0.2) is 8.42 Å². The Morgan fingerprint density at radius 1 is 1.26 bits per heavy atom. The standard InChI is InChI=1S/C16H25N3O2S2/c1-3-19(4-2)15-7-5-14(6-8-15)18-16(22)17-11-13-9-10-23(20,21)12-13/h5-8,13H,3-4,9-12H2,1-2H3,(H2,17,18,22). The van der Waals surface area contributed by atoms with Gasteiger partial charge in [0.25, 0.3) is 0 Å². The Bertz CT molecular complexity index is 625. The third-order valence-electron chi connectivity index (χ3n) is 4.13. The molecule has 1 saturated heterocycles. The van der Waals surface area contributed by atoms with Gasteiger partial charge in [0.1, 0.15) is 0 Å². The van der Waals surface area contributed by atoms with Gasteiger partial charge in [-0.15, -0.1) is 0 Å². The van der Waals surface area contributed by atoms with Crippen molar-refractivity contribution in [2.75, 3.05) is 41.4 Å². The van der Waals surface area contributed by atoms with Crippen molar-refractivity contribution < 1.29 is 8.42 Å². The lowest BCUT2D eigenvalue weighted by atomic mass is 10.1. The van der Waals surface area contributed by atoms with Gasteiger partial charge >= 0.3 is 0 Å². The monoisotopic (exact) mass is 355 g/mol. The third-order valence-corrected chi connectivity index (χ3v) is 6.22. The van der Waals surface area contributed by atoms with Crippen molar-refractivity contribution in [3.8, 4) is 0 Å². The van der Waals surface area contributed by atoms with E-state index in [-0.39, 0.29) is 11.7 Å². The Morgan fingerprint density at radius 2 is 1.91 bits per heavy atom. The first-order chi connectivity index (χ1) is 10.9. The van der Waals surface area contributed by atoms with Crippen molar-refractivity contribution in [3.05, 3.63) is 24.3 Å². The van der Waals surface area contributed by atoms with Crippen molar-refractivity contribution in [1.82, 2.24) is 5.32 Å². The summed E-state index contributed by atoms with van der Waals surface area (Å²) in [6, 6.07) is 8.15. The van der Waals surface area contributed by atoms with Crippen LogP contribution in [0.15, 0.2) is 24.3 Å². The van der Waals surface area contributed by atoms with Gasteiger partial charge in [-0.05, 0) is 62.7 Å². The highest BCUT2D eigenvalue weighted by Gasteiger charge is 2.27. The lowest BCUT2D eigenvalue weighted by Crippen LogP contribution is -2.33. The molecule has 1 aliphatic rings. The lowest BCUT2D eigenvalue weighted by molar-refractivity contribution is 0.574. The maximum absolute atomic E-state index is 11.4. The second kappa shape index (κ2) is 7.97. The van der Waals surface area contributed by atoms with Crippen molar-refractivity contribution >= 4 is 38.5 Å². The SMILES string of the molecule is CCN(CC)c1ccc(NC(=S)NCC2CCS(=O)(=O)C2)cc1. The van der Waals surface area contributed by atoms with Crippen LogP contribution in [-0.4, -0.2) is 44.7 Å². The molecule has 1 heterocycles. The summed E-state index contributed by atoms with van der Waals surface area (Å²) < 4.78 is 22.9. The number of hydrogen-bond donors (Lipinski definition) is 2. The summed E-state index contributed by atoms with van der Waals surface area (Å²) in [6.07, 6.45) is 0.719. The minimum Gasteiger partial charge on any atom is -0.372 e. The largest absolute Gasteiger partial charge is 0.372 e. The smallest absolute Gasteiger partial charge is 0.170 e. The Labute approximate surface area is 144 Å². The van der Waals surface area contributed by atoms with Gasteiger partial charge in [0, 0.05) is 31.0 Å². The Kier molecular flexibility index (Phi) is 6.24. The molecule has 1 aromatic carbocycles. The Balaban J connectivity index is 1.81. The average molecular weight is 356 g/mol. The molecule has 5 nitrogen and oxygen atoms in total. The average Bonchev–Trinajstić information content (AvgIpc) is 2.87. The topological polar surface area (TPSA) is 61.4 Å². The van der Waals surface area contributed by atoms with Crippen molar-refractivity contribution in [2.45, 2.75) is 20.3 Å². The van der Waals surface area contributed by atoms with E-state index >= 15 is 0 Å². The number of benzene rings is 1. The zero-order valence-electron chi connectivity index (χ0n) is 13.7. The van der Waals surface area contributed by atoms with Gasteiger partial charge in [-0.1, -0.05) is 0 Å². The lowest BCUT2D eigenvalue weighted by Gasteiger charge is -2.21. The van der Waals surface area contributed by atoms with Crippen molar-refractivity contribution in [2.24, 2.45) is 5.92 Å². The molecule has 1 fully saturated rings. The van der Waals surface area contributed by atoms with E-state index < -0.39 is 9.84 Å². The van der Waals surface area contributed by atoms with E-state index in [0.29, 0.717) is 17.4 Å². The Hall–Kier alpha value is -1.34. The zero-order valence-corrected chi connectivity index (χ0v) is 15.3. The summed E-state index contributed by atoms with van der Waals surface area (Å²) in [4.78, 5) is 2.28. The minimum absolute atomic E-state index is 0.157. The van der Waals surface area contributed by atoms with Gasteiger partial charge < -0.3 is 15.5 Å². The van der Waals surface area contributed by atoms with E-state index in [1.807, 2.05) is 12.1 Å². The fraction of sp³-hybridized carbons (Fsp3) is 0.562. The molecule has 7 heteroatoms. The number of nitrogens with zero attached hydrogens (tertiary/aromatic N) is 1. The van der Waals surface area contributed by atoms with E-state index in [2.05, 4.69) is 41.5 Å². The molecule has 0 aliphatic carbocycles. The second-order valence-corrected chi connectivity index (χ2v) is 8.46. The molecule has 1 aromatic rings. The van der Waals surface area contributed by atoms with Gasteiger partial charge in [0.2, 0.25) is 0 Å². The number of thiocarbonyl (C=S) groups is 1. The first-order valence-corrected chi connectivity index (χ1v) is 10.3. The van der Waals surface area contributed by atoms with Gasteiger partial charge in [-0.3, -0.25) is 0 Å². The summed E-state index contributed by atoms with van der Waals surface area (Å²) in [6.45, 7) is 6.83. The predicted octanol–water partition coefficient (Wildman–Crippen LogP) is 2.25. The van der Waals surface area contributed by atoms with Crippen molar-refractivity contribution in [1.29, 1.82) is 0 Å². The molecule has 0 bridgehead atoms. The number of anilines is 2. The van der Waals surface area contributed by atoms with Crippen LogP contribution in [0.4, 0.5) is 11.4 Å². The van der Waals surface area contributed by atoms with E-state index in [1.54, 1.807) is 0 Å². The summed E-state index contributed by atoms with van der Waals surface area (Å²) in [5.41, 5.74) is 2.12. The van der Waals surface area contributed by atoms with Gasteiger partial charge in [0.05, 0.1) is 11.5 Å². The zero-order chi connectivity index (χ0) is 16.9. The number of sulfone groups is 1. The molecule has 0 aromatic heterocycles. The highest BCUT2D eigenvalue weighted by atomic mass is 32.2. The van der Waals surface area contributed by atoms with Crippen molar-refractivity contribution in [3.63, 3.8) is 0 Å². The molecule has 23 heavy (non-hydrogen) atoms. The van der Waals surface area contributed by atoms with Crippen LogP contribution in [0.5, 0.6) is 0 Å². The van der Waals surface area contributed by atoms with Gasteiger partial charge in [-0.2, -0.15) is 0 Å². The van der Waals surface area contributed by atoms with Crippen LogP contribution in [-0.2, 0) is 9.84 Å². The molecule has 2 N–H and O–H groups in total. The molecular weight excluding hydrogens is 330 g/mol. The highest BCUT2D eigenvalue weighted by Crippen LogP contribution is 2.19. The fourth-order valence-corrected chi connectivity index (χ4v) is 4.85. The van der Waals surface area contributed by atoms with Crippen LogP contribution in [0.3, 0.4) is 0 Å². The fourth-order valence-electron chi connectivity index (χ4n) is 2.79. The molecule has 0 saturated carbocycles. The minimum atomic E-state index is -2.83. The summed E-state index contributed by atoms with van der Waals surface area (Å²) in [5.74, 6) is 0.720. The summed E-state index contributed by atoms with van der Waals surface area (Å²) >= 11 is 5.28.